The molecule has 0 fully saturated rings. The fourth-order valence-corrected chi connectivity index (χ4v) is 1.18. The molecule has 0 aromatic heterocycles. The Morgan fingerprint density at radius 1 is 0.864 bits per heavy atom. The predicted molar refractivity (Wildman–Crippen MR) is 57.6 cm³/mol. The summed E-state index contributed by atoms with van der Waals surface area (Å²) in [5.74, 6) is -21.4. The minimum absolute atomic E-state index is 0.275. The van der Waals surface area contributed by atoms with Gasteiger partial charge in [0.2, 0.25) is 0 Å². The molecule has 0 spiro atoms. The highest BCUT2D eigenvalue weighted by Crippen LogP contribution is 2.55. The van der Waals surface area contributed by atoms with Gasteiger partial charge in [-0.1, -0.05) is 13.2 Å². The van der Waals surface area contributed by atoms with Crippen LogP contribution in [0.2, 0.25) is 0 Å². The van der Waals surface area contributed by atoms with E-state index >= 15 is 0 Å². The van der Waals surface area contributed by atoms with Gasteiger partial charge in [0.25, 0.3) is 5.91 Å². The Balaban J connectivity index is 5.87. The van der Waals surface area contributed by atoms with Crippen LogP contribution in [0.5, 0.6) is 0 Å². The van der Waals surface area contributed by atoms with Gasteiger partial charge in [-0.2, -0.15) is 39.5 Å². The minimum atomic E-state index is -7.04. The Morgan fingerprint density at radius 2 is 1.23 bits per heavy atom. The quantitative estimate of drug-likeness (QED) is 0.546. The van der Waals surface area contributed by atoms with E-state index in [0.29, 0.717) is 7.05 Å². The summed E-state index contributed by atoms with van der Waals surface area (Å²) in [7, 11) is 0.453. The number of hydrogen-bond donors (Lipinski definition) is 0. The maximum atomic E-state index is 13.4. The van der Waals surface area contributed by atoms with Crippen molar-refractivity contribution in [1.82, 2.24) is 4.90 Å². The van der Waals surface area contributed by atoms with Crippen molar-refractivity contribution in [2.75, 3.05) is 7.05 Å². The molecule has 0 saturated carbocycles. The Labute approximate surface area is 118 Å². The SMILES string of the molecule is C=C(C)C(=O)N(C)C(=C)C(F)(F)C(F)(F)C(F)(F)C(F)(F)F. The van der Waals surface area contributed by atoms with Gasteiger partial charge in [-0.15, -0.1) is 0 Å². The van der Waals surface area contributed by atoms with Crippen LogP contribution in [0, 0.1) is 0 Å². The van der Waals surface area contributed by atoms with Gasteiger partial charge < -0.3 is 4.90 Å². The lowest BCUT2D eigenvalue weighted by molar-refractivity contribution is -0.391. The largest absolute Gasteiger partial charge is 0.460 e. The fourth-order valence-electron chi connectivity index (χ4n) is 1.18. The van der Waals surface area contributed by atoms with Crippen molar-refractivity contribution in [2.24, 2.45) is 0 Å². The van der Waals surface area contributed by atoms with Gasteiger partial charge in [0, 0.05) is 12.6 Å². The third kappa shape index (κ3) is 2.93. The number of alkyl halides is 9. The smallest absolute Gasteiger partial charge is 0.310 e. The van der Waals surface area contributed by atoms with Crippen LogP contribution in [0.3, 0.4) is 0 Å². The summed E-state index contributed by atoms with van der Waals surface area (Å²) in [5, 5.41) is 0. The van der Waals surface area contributed by atoms with Crippen LogP contribution in [0.25, 0.3) is 0 Å². The molecule has 0 saturated heterocycles. The maximum Gasteiger partial charge on any atom is 0.460 e. The molecule has 0 N–H and O–H groups in total. The van der Waals surface area contributed by atoms with Gasteiger partial charge in [-0.3, -0.25) is 4.79 Å². The number of halogens is 9. The minimum Gasteiger partial charge on any atom is -0.310 e. The molecule has 0 aliphatic heterocycles. The molecule has 0 rings (SSSR count). The van der Waals surface area contributed by atoms with E-state index in [1.165, 1.54) is 0 Å². The highest BCUT2D eigenvalue weighted by Gasteiger charge is 2.82. The summed E-state index contributed by atoms with van der Waals surface area (Å²) in [6.07, 6.45) is -6.93. The van der Waals surface area contributed by atoms with Crippen molar-refractivity contribution < 1.29 is 44.3 Å². The number of carbonyl (C=O) groups is 1. The van der Waals surface area contributed by atoms with Crippen molar-refractivity contribution in [1.29, 1.82) is 0 Å². The number of hydrogen-bond acceptors (Lipinski definition) is 1. The second-order valence-corrected chi connectivity index (χ2v) is 4.31. The number of nitrogens with zero attached hydrogens (tertiary/aromatic N) is 1. The number of amides is 1. The summed E-state index contributed by atoms with van der Waals surface area (Å²) in [5.41, 5.74) is -2.68. The van der Waals surface area contributed by atoms with Gasteiger partial charge in [0.1, 0.15) is 0 Å². The molecular formula is C11H10F9NO. The standard InChI is InChI=1S/C11H10F9NO/c1-5(2)7(22)21(4)6(3)8(12,13)9(14,15)10(16,17)11(18,19)20/h1,3H2,2,4H3. The lowest BCUT2D eigenvalue weighted by atomic mass is 10.0. The molecule has 0 heterocycles. The van der Waals surface area contributed by atoms with Crippen LogP contribution in [0.1, 0.15) is 6.92 Å². The fraction of sp³-hybridized carbons (Fsp3) is 0.545. The molecule has 0 aromatic rings. The maximum absolute atomic E-state index is 13.4. The zero-order valence-corrected chi connectivity index (χ0v) is 11.2. The lowest BCUT2D eigenvalue weighted by Gasteiger charge is -2.36. The summed E-state index contributed by atoms with van der Waals surface area (Å²) >= 11 is 0. The highest BCUT2D eigenvalue weighted by molar-refractivity contribution is 5.93. The van der Waals surface area contributed by atoms with Crippen LogP contribution in [-0.2, 0) is 4.79 Å². The second-order valence-electron chi connectivity index (χ2n) is 4.31. The van der Waals surface area contributed by atoms with Crippen molar-refractivity contribution in [3.63, 3.8) is 0 Å². The van der Waals surface area contributed by atoms with Gasteiger partial charge in [0.15, 0.2) is 0 Å². The first-order chi connectivity index (χ1) is 9.43. The van der Waals surface area contributed by atoms with Gasteiger partial charge in [-0.05, 0) is 6.92 Å². The molecule has 0 atom stereocenters. The number of carbonyl (C=O) groups excluding carboxylic acids is 1. The van der Waals surface area contributed by atoms with Crippen LogP contribution < -0.4 is 0 Å². The van der Waals surface area contributed by atoms with Crippen molar-refractivity contribution in [2.45, 2.75) is 30.9 Å². The van der Waals surface area contributed by atoms with E-state index in [1.54, 1.807) is 0 Å². The van der Waals surface area contributed by atoms with Gasteiger partial charge >= 0.3 is 23.9 Å². The predicted octanol–water partition coefficient (Wildman–Crippen LogP) is 4.00. The van der Waals surface area contributed by atoms with E-state index < -0.39 is 41.1 Å². The zero-order valence-electron chi connectivity index (χ0n) is 11.2. The molecule has 2 nitrogen and oxygen atoms in total. The lowest BCUT2D eigenvalue weighted by Crippen LogP contribution is -2.62. The molecule has 0 bridgehead atoms. The first kappa shape index (κ1) is 20.3. The zero-order chi connectivity index (χ0) is 18.3. The summed E-state index contributed by atoms with van der Waals surface area (Å²) < 4.78 is 114. The second kappa shape index (κ2) is 5.51. The first-order valence-electron chi connectivity index (χ1n) is 5.26. The normalized spacial score (nSPS) is 13.8. The van der Waals surface area contributed by atoms with Gasteiger partial charge in [-0.25, -0.2) is 0 Å². The summed E-state index contributed by atoms with van der Waals surface area (Å²) in [4.78, 5) is 11.0. The van der Waals surface area contributed by atoms with Crippen molar-refractivity contribution in [3.8, 4) is 0 Å². The highest BCUT2D eigenvalue weighted by atomic mass is 19.4. The average Bonchev–Trinajstić information content (AvgIpc) is 2.33. The van der Waals surface area contributed by atoms with E-state index in [1.807, 2.05) is 0 Å². The van der Waals surface area contributed by atoms with E-state index in [-0.39, 0.29) is 4.90 Å². The van der Waals surface area contributed by atoms with E-state index in [9.17, 15) is 44.3 Å². The van der Waals surface area contributed by atoms with Crippen LogP contribution in [0.15, 0.2) is 24.4 Å². The molecular weight excluding hydrogens is 333 g/mol. The molecule has 11 heteroatoms. The topological polar surface area (TPSA) is 20.3 Å². The summed E-state index contributed by atoms with van der Waals surface area (Å²) in [6.45, 7) is 6.30. The Bertz CT molecular complexity index is 492. The third-order valence-electron chi connectivity index (χ3n) is 2.58. The van der Waals surface area contributed by atoms with Crippen molar-refractivity contribution in [3.05, 3.63) is 24.4 Å². The van der Waals surface area contributed by atoms with E-state index in [2.05, 4.69) is 13.2 Å². The summed E-state index contributed by atoms with van der Waals surface area (Å²) in [6, 6.07) is 0. The average molecular weight is 343 g/mol. The molecule has 0 radical (unpaired) electrons. The molecule has 0 unspecified atom stereocenters. The Kier molecular flexibility index (Phi) is 5.08. The third-order valence-corrected chi connectivity index (χ3v) is 2.58. The van der Waals surface area contributed by atoms with Crippen LogP contribution >= 0.6 is 0 Å². The van der Waals surface area contributed by atoms with Crippen LogP contribution in [-0.4, -0.2) is 41.8 Å². The molecule has 0 aromatic carbocycles. The number of allylic oxidation sites excluding steroid dienone is 1. The first-order valence-corrected chi connectivity index (χ1v) is 5.26. The Hall–Kier alpha value is -1.68. The van der Waals surface area contributed by atoms with E-state index in [4.69, 9.17) is 0 Å². The van der Waals surface area contributed by atoms with E-state index in [0.717, 1.165) is 6.92 Å². The molecule has 0 aliphatic carbocycles. The van der Waals surface area contributed by atoms with Gasteiger partial charge in [0.05, 0.1) is 5.70 Å². The number of rotatable bonds is 5. The molecule has 22 heavy (non-hydrogen) atoms. The van der Waals surface area contributed by atoms with Crippen molar-refractivity contribution >= 4 is 5.91 Å². The Morgan fingerprint density at radius 3 is 1.50 bits per heavy atom. The molecule has 0 aliphatic rings. The number of likely N-dealkylation sites (N-methyl/N-ethyl adjacent to an activating group) is 1. The van der Waals surface area contributed by atoms with Crippen LogP contribution in [0.4, 0.5) is 39.5 Å². The monoisotopic (exact) mass is 343 g/mol. The molecule has 128 valence electrons. The molecule has 1 amide bonds.